The number of imidazole rings is 1. The molecule has 0 saturated heterocycles. The monoisotopic (exact) mass is 441 g/mol. The van der Waals surface area contributed by atoms with Crippen molar-refractivity contribution in [1.82, 2.24) is 19.9 Å². The molecule has 0 radical (unpaired) electrons. The Labute approximate surface area is 189 Å². The minimum absolute atomic E-state index is 0.0144. The first kappa shape index (κ1) is 20.2. The van der Waals surface area contributed by atoms with E-state index >= 15 is 0 Å². The highest BCUT2D eigenvalue weighted by Crippen LogP contribution is 2.29. The average molecular weight is 442 g/mol. The summed E-state index contributed by atoms with van der Waals surface area (Å²) >= 11 is 1.66. The molecular formula is C25H23N5OS. The highest BCUT2D eigenvalue weighted by atomic mass is 32.1. The number of hydrogen-bond acceptors (Lipinski definition) is 5. The number of anilines is 1. The Morgan fingerprint density at radius 2 is 1.97 bits per heavy atom. The number of nitrogens with one attached hydrogen (secondary N) is 2. The van der Waals surface area contributed by atoms with Gasteiger partial charge in [-0.1, -0.05) is 18.2 Å². The molecule has 160 valence electrons. The second-order valence-electron chi connectivity index (χ2n) is 7.71. The number of carbonyl (C=O) groups excluding carboxylic acids is 1. The van der Waals surface area contributed by atoms with Crippen LogP contribution in [-0.2, 0) is 31.4 Å². The lowest BCUT2D eigenvalue weighted by molar-refractivity contribution is -0.120. The Hall–Kier alpha value is -3.71. The van der Waals surface area contributed by atoms with Crippen molar-refractivity contribution in [2.45, 2.75) is 19.5 Å². The zero-order chi connectivity index (χ0) is 21.9. The van der Waals surface area contributed by atoms with Crippen LogP contribution in [0.3, 0.4) is 0 Å². The van der Waals surface area contributed by atoms with E-state index in [1.807, 2.05) is 37.4 Å². The molecule has 0 fully saturated rings. The molecule has 0 atom stereocenters. The molecule has 32 heavy (non-hydrogen) atoms. The minimum Gasteiger partial charge on any atom is -0.378 e. The summed E-state index contributed by atoms with van der Waals surface area (Å²) in [5.74, 6) is 1.00. The maximum Gasteiger partial charge on any atom is 0.225 e. The van der Waals surface area contributed by atoms with Crippen LogP contribution in [0.5, 0.6) is 0 Å². The van der Waals surface area contributed by atoms with Gasteiger partial charge in [0.2, 0.25) is 5.91 Å². The molecule has 3 heterocycles. The topological polar surface area (TPSA) is 71.8 Å². The number of carbonyl (C=O) groups is 1. The maximum atomic E-state index is 12.3. The third kappa shape index (κ3) is 4.33. The Bertz CT molecular complexity index is 1390. The van der Waals surface area contributed by atoms with Gasteiger partial charge in [-0.25, -0.2) is 4.98 Å². The number of pyridine rings is 1. The van der Waals surface area contributed by atoms with Crippen molar-refractivity contribution in [3.05, 3.63) is 89.3 Å². The van der Waals surface area contributed by atoms with E-state index in [0.717, 1.165) is 38.4 Å². The summed E-state index contributed by atoms with van der Waals surface area (Å²) in [6.45, 7) is 1.14. The first-order chi connectivity index (χ1) is 15.7. The van der Waals surface area contributed by atoms with Gasteiger partial charge in [-0.05, 0) is 53.4 Å². The van der Waals surface area contributed by atoms with E-state index < -0.39 is 0 Å². The van der Waals surface area contributed by atoms with Crippen LogP contribution in [0.15, 0.2) is 73.1 Å². The molecule has 5 aromatic rings. The molecule has 1 amide bonds. The number of benzene rings is 2. The van der Waals surface area contributed by atoms with Crippen molar-refractivity contribution in [1.29, 1.82) is 0 Å². The number of nitrogens with zero attached hydrogens (tertiary/aromatic N) is 3. The number of amides is 1. The summed E-state index contributed by atoms with van der Waals surface area (Å²) in [6.07, 6.45) is 3.87. The molecule has 0 saturated carbocycles. The van der Waals surface area contributed by atoms with Crippen LogP contribution in [0, 0.1) is 0 Å². The minimum atomic E-state index is 0.0144. The molecule has 2 aromatic carbocycles. The summed E-state index contributed by atoms with van der Waals surface area (Å²) in [5, 5.41) is 7.58. The fourth-order valence-corrected chi connectivity index (χ4v) is 4.80. The van der Waals surface area contributed by atoms with Crippen LogP contribution >= 0.6 is 11.3 Å². The predicted octanol–water partition coefficient (Wildman–Crippen LogP) is 4.65. The van der Waals surface area contributed by atoms with Gasteiger partial charge in [-0.3, -0.25) is 9.78 Å². The van der Waals surface area contributed by atoms with E-state index in [0.29, 0.717) is 19.5 Å². The predicted molar refractivity (Wildman–Crippen MR) is 130 cm³/mol. The Morgan fingerprint density at radius 1 is 1.06 bits per heavy atom. The van der Waals surface area contributed by atoms with E-state index in [2.05, 4.69) is 50.5 Å². The third-order valence-electron chi connectivity index (χ3n) is 5.44. The second kappa shape index (κ2) is 8.80. The zero-order valence-electron chi connectivity index (χ0n) is 17.7. The molecule has 0 aliphatic carbocycles. The molecule has 0 spiro atoms. The number of aromatic nitrogens is 3. The number of aryl methyl sites for hydroxylation is 1. The maximum absolute atomic E-state index is 12.3. The van der Waals surface area contributed by atoms with Crippen molar-refractivity contribution < 1.29 is 4.79 Å². The van der Waals surface area contributed by atoms with Crippen LogP contribution in [-0.4, -0.2) is 20.4 Å². The van der Waals surface area contributed by atoms with Crippen LogP contribution in [0.25, 0.3) is 21.1 Å². The van der Waals surface area contributed by atoms with E-state index in [1.165, 1.54) is 4.70 Å². The molecule has 2 N–H and O–H groups in total. The average Bonchev–Trinajstić information content (AvgIpc) is 3.36. The van der Waals surface area contributed by atoms with Crippen molar-refractivity contribution in [3.63, 3.8) is 0 Å². The Kier molecular flexibility index (Phi) is 5.56. The van der Waals surface area contributed by atoms with Crippen molar-refractivity contribution in [3.8, 4) is 0 Å². The quantitative estimate of drug-likeness (QED) is 0.386. The van der Waals surface area contributed by atoms with Crippen LogP contribution in [0.4, 0.5) is 5.69 Å². The number of fused-ring (bicyclic) bond motifs is 2. The normalized spacial score (nSPS) is 11.2. The lowest BCUT2D eigenvalue weighted by Crippen LogP contribution is -2.24. The summed E-state index contributed by atoms with van der Waals surface area (Å²) < 4.78 is 3.29. The van der Waals surface area contributed by atoms with Crippen LogP contribution in [0.2, 0.25) is 0 Å². The third-order valence-corrected chi connectivity index (χ3v) is 6.56. The smallest absolute Gasteiger partial charge is 0.225 e. The second-order valence-corrected chi connectivity index (χ2v) is 8.88. The summed E-state index contributed by atoms with van der Waals surface area (Å²) in [6, 6.07) is 20.4. The van der Waals surface area contributed by atoms with Gasteiger partial charge in [0.1, 0.15) is 5.82 Å². The summed E-state index contributed by atoms with van der Waals surface area (Å²) in [4.78, 5) is 22.2. The van der Waals surface area contributed by atoms with Gasteiger partial charge in [0.05, 0.1) is 24.0 Å². The van der Waals surface area contributed by atoms with Crippen LogP contribution in [0.1, 0.15) is 16.3 Å². The first-order valence-corrected chi connectivity index (χ1v) is 11.3. The zero-order valence-corrected chi connectivity index (χ0v) is 18.5. The van der Waals surface area contributed by atoms with E-state index in [1.54, 1.807) is 23.7 Å². The number of rotatable bonds is 7. The molecule has 0 unspecified atom stereocenters. The molecule has 0 bridgehead atoms. The molecule has 5 rings (SSSR count). The molecular weight excluding hydrogens is 418 g/mol. The lowest BCUT2D eigenvalue weighted by Gasteiger charge is -2.07. The number of hydrogen-bond donors (Lipinski definition) is 2. The van der Waals surface area contributed by atoms with Gasteiger partial charge in [0.15, 0.2) is 0 Å². The van der Waals surface area contributed by atoms with Crippen molar-refractivity contribution >= 4 is 44.1 Å². The van der Waals surface area contributed by atoms with Gasteiger partial charge in [0.25, 0.3) is 0 Å². The Balaban J connectivity index is 1.23. The molecule has 7 heteroatoms. The highest BCUT2D eigenvalue weighted by molar-refractivity contribution is 7.19. The molecule has 0 aliphatic rings. The van der Waals surface area contributed by atoms with E-state index in [9.17, 15) is 4.79 Å². The van der Waals surface area contributed by atoms with Crippen LogP contribution < -0.4 is 10.6 Å². The summed E-state index contributed by atoms with van der Waals surface area (Å²) in [5.41, 5.74) is 4.17. The molecule has 0 aliphatic heterocycles. The number of para-hydroxylation sites is 2. The standard InChI is InChI=1S/C25H23N5OS/c1-30-22-7-3-2-6-21(22)29-24(30)16-27-19-8-9-23-18(11-19)12-20(32-23)13-25(31)28-15-17-5-4-10-26-14-17/h2-12,14,27H,13,15-16H2,1H3,(H,28,31). The SMILES string of the molecule is Cn1c(CNc2ccc3sc(CC(=O)NCc4cccnc4)cc3c2)nc2ccccc21. The van der Waals surface area contributed by atoms with Gasteiger partial charge < -0.3 is 15.2 Å². The van der Waals surface area contributed by atoms with E-state index in [-0.39, 0.29) is 5.91 Å². The lowest BCUT2D eigenvalue weighted by atomic mass is 10.2. The van der Waals surface area contributed by atoms with Gasteiger partial charge in [-0.2, -0.15) is 0 Å². The molecule has 3 aromatic heterocycles. The van der Waals surface area contributed by atoms with E-state index in [4.69, 9.17) is 4.98 Å². The largest absolute Gasteiger partial charge is 0.378 e. The van der Waals surface area contributed by atoms with Gasteiger partial charge in [-0.15, -0.1) is 11.3 Å². The Morgan fingerprint density at radius 3 is 2.81 bits per heavy atom. The van der Waals surface area contributed by atoms with Gasteiger partial charge in [0, 0.05) is 41.3 Å². The number of thiophene rings is 1. The fraction of sp³-hybridized carbons (Fsp3) is 0.160. The fourth-order valence-electron chi connectivity index (χ4n) is 3.75. The van der Waals surface area contributed by atoms with Crippen molar-refractivity contribution in [2.75, 3.05) is 5.32 Å². The summed E-state index contributed by atoms with van der Waals surface area (Å²) in [7, 11) is 2.04. The highest BCUT2D eigenvalue weighted by Gasteiger charge is 2.10. The molecule has 6 nitrogen and oxygen atoms in total. The van der Waals surface area contributed by atoms with Crippen molar-refractivity contribution in [2.24, 2.45) is 7.05 Å². The first-order valence-electron chi connectivity index (χ1n) is 10.5. The van der Waals surface area contributed by atoms with Gasteiger partial charge >= 0.3 is 0 Å².